The SMILES string of the molecule is CC1(c2ccc(-n3c(-c4cccnc4N)nc4ccc(-c5cccc(CCN)c5)nc43)cc2)CCC1.Nc1ncccc1-c1nc2ccc(-c3cccc(CCCC(=O)CNc4cccc5c4C(=O)N(C4CCC(=O)NC4=O)C5=O)c3)nc2n1-c1ccc(C2(N)CCC2)cc1.O=C(CCO)CCc1cccc2c1C(=O)N(C1CCC(=O)NC1=O)C2=O. The van der Waals surface area contributed by atoms with Crippen molar-refractivity contribution in [1.82, 2.24) is 59.5 Å². The Morgan fingerprint density at radius 1 is 0.512 bits per heavy atom. The molecule has 8 amide bonds. The predicted octanol–water partition coefficient (Wildman–Crippen LogP) is 11.1. The van der Waals surface area contributed by atoms with Gasteiger partial charge in [-0.15, -0.1) is 0 Å². The molecule has 4 aliphatic heterocycles. The van der Waals surface area contributed by atoms with Gasteiger partial charge in [0.05, 0.1) is 51.3 Å². The van der Waals surface area contributed by atoms with Gasteiger partial charge in [-0.2, -0.15) is 0 Å². The number of aromatic nitrogens is 8. The molecule has 2 saturated heterocycles. The lowest BCUT2D eigenvalue weighted by molar-refractivity contribution is -0.137. The predicted molar refractivity (Wildman–Crippen MR) is 455 cm³/mol. The van der Waals surface area contributed by atoms with Crippen molar-refractivity contribution in [3.63, 3.8) is 0 Å². The Morgan fingerprint density at radius 2 is 1.01 bits per heavy atom. The number of anilines is 3. The number of carbonyl (C=O) groups excluding carboxylic acids is 10. The molecule has 12 N–H and O–H groups in total. The smallest absolute Gasteiger partial charge is 0.264 e. The number of rotatable bonds is 24. The molecule has 2 atom stereocenters. The Hall–Kier alpha value is -14.0. The zero-order valence-corrected chi connectivity index (χ0v) is 66.6. The molecule has 0 radical (unpaired) electrons. The molecule has 18 rings (SSSR count). The molecular weight excluding hydrogens is 1530 g/mol. The summed E-state index contributed by atoms with van der Waals surface area (Å²) in [5, 5.41) is 16.2. The molecule has 6 aliphatic rings. The van der Waals surface area contributed by atoms with E-state index in [0.29, 0.717) is 64.8 Å². The lowest BCUT2D eigenvalue weighted by Gasteiger charge is -2.39. The topological polar surface area (TPSA) is 425 Å². The Labute approximate surface area is 695 Å². The van der Waals surface area contributed by atoms with E-state index in [9.17, 15) is 47.9 Å². The first-order valence-electron chi connectivity index (χ1n) is 40.7. The summed E-state index contributed by atoms with van der Waals surface area (Å²) in [5.41, 5.74) is 41.4. The number of nitrogens with zero attached hydrogens (tertiary/aromatic N) is 10. The molecule has 6 aromatic heterocycles. The molecule has 0 bridgehead atoms. The summed E-state index contributed by atoms with van der Waals surface area (Å²) in [6, 6.07) is 56.7. The van der Waals surface area contributed by atoms with Crippen LogP contribution in [0.25, 0.3) is 79.0 Å². The maximum absolute atomic E-state index is 13.4. The van der Waals surface area contributed by atoms with E-state index in [1.807, 2.05) is 71.3 Å². The number of nitrogens with one attached hydrogen (secondary N) is 3. The van der Waals surface area contributed by atoms with Crippen LogP contribution in [0.2, 0.25) is 0 Å². The third kappa shape index (κ3) is 16.2. The van der Waals surface area contributed by atoms with Gasteiger partial charge in [-0.1, -0.05) is 92.2 Å². The number of imide groups is 4. The Morgan fingerprint density at radius 3 is 1.50 bits per heavy atom. The van der Waals surface area contributed by atoms with E-state index in [-0.39, 0.29) is 109 Å². The van der Waals surface area contributed by atoms with Gasteiger partial charge in [-0.3, -0.25) is 77.5 Å². The minimum atomic E-state index is -1.07. The average Bonchev–Trinajstić information content (AvgIpc) is 1.64. The lowest BCUT2D eigenvalue weighted by atomic mass is 9.66. The first-order chi connectivity index (χ1) is 58.6. The van der Waals surface area contributed by atoms with Crippen LogP contribution in [0, 0.1) is 0 Å². The maximum atomic E-state index is 13.4. The Balaban J connectivity index is 0.000000149. The Bertz CT molecular complexity index is 6170. The first-order valence-corrected chi connectivity index (χ1v) is 40.7. The number of Topliss-reactive ketones (excluding diaryl/α,β-unsaturated/α-hetero) is 2. The third-order valence-electron chi connectivity index (χ3n) is 23.8. The van der Waals surface area contributed by atoms with Crippen LogP contribution < -0.4 is 38.9 Å². The van der Waals surface area contributed by atoms with Gasteiger partial charge in [0, 0.05) is 84.8 Å². The van der Waals surface area contributed by atoms with Crippen LogP contribution in [-0.4, -0.2) is 145 Å². The molecule has 10 heterocycles. The largest absolute Gasteiger partial charge is 0.396 e. The van der Waals surface area contributed by atoms with Crippen LogP contribution in [0.1, 0.15) is 166 Å². The van der Waals surface area contributed by atoms with Gasteiger partial charge in [0.15, 0.2) is 28.7 Å². The molecule has 2 unspecified atom stereocenters. The maximum Gasteiger partial charge on any atom is 0.264 e. The molecule has 121 heavy (non-hydrogen) atoms. The van der Waals surface area contributed by atoms with Crippen molar-refractivity contribution in [3.05, 3.63) is 244 Å². The lowest BCUT2D eigenvalue weighted by Crippen LogP contribution is -2.54. The van der Waals surface area contributed by atoms with Gasteiger partial charge >= 0.3 is 0 Å². The van der Waals surface area contributed by atoms with Crippen molar-refractivity contribution >= 4 is 98.5 Å². The number of fused-ring (bicyclic) bond motifs is 4. The zero-order chi connectivity index (χ0) is 84.4. The summed E-state index contributed by atoms with van der Waals surface area (Å²) >= 11 is 0. The van der Waals surface area contributed by atoms with Crippen molar-refractivity contribution in [3.8, 4) is 56.7 Å². The zero-order valence-electron chi connectivity index (χ0n) is 66.6. The number of aliphatic hydroxyl groups excluding tert-OH is 1. The minimum absolute atomic E-state index is 0.0310. The Kier molecular flexibility index (Phi) is 22.8. The van der Waals surface area contributed by atoms with Crippen molar-refractivity contribution in [2.45, 2.75) is 139 Å². The van der Waals surface area contributed by atoms with Crippen LogP contribution in [0.4, 0.5) is 17.3 Å². The van der Waals surface area contributed by atoms with E-state index in [4.69, 9.17) is 48.0 Å². The van der Waals surface area contributed by atoms with E-state index in [1.54, 1.807) is 36.7 Å². The quantitative estimate of drug-likeness (QED) is 0.0260. The molecule has 2 saturated carbocycles. The van der Waals surface area contributed by atoms with Crippen molar-refractivity contribution < 1.29 is 53.1 Å². The second kappa shape index (κ2) is 34.2. The number of nitrogens with two attached hydrogens (primary N) is 4. The highest BCUT2D eigenvalue weighted by atomic mass is 16.3. The standard InChI is InChI=1S/C45H41N9O5.C30H30N6.C18H18N2O6/c46-39-32(11-4-23-48-39)40-51-35-18-17-33(50-41(35)53(40)29-15-13-28(14-16-29)45(47)21-5-22-45)27-8-1-6-26(24-27)7-2-9-30(55)25-49-34-12-3-10-31-38(34)44(59)54(43(31)58)36-19-20-37(56)52-42(36)57;1-30(15-4-16-30)22-8-10-23(11-9-22)36-28(24-7-3-18-33-27(24)32)35-26-13-12-25(34-29(26)36)21-6-2-5-20(19-21)14-17-31;21-9-8-11(22)5-4-10-2-1-3-12-15(10)18(26)20(17(12)25)13-6-7-14(23)19-16(13)24/h1,3-4,6,8,10-18,23-24,36,49H,2,5,7,9,19-22,25,47H2,(H2,46,48)(H,52,56,57);2-3,5-13,18-19H,4,14-17,31H2,1H3,(H2,32,33);1-3,13,21H,4-9H2,(H,19,23,24). The van der Waals surface area contributed by atoms with Gasteiger partial charge in [-0.05, 0) is 214 Å². The summed E-state index contributed by atoms with van der Waals surface area (Å²) in [4.78, 5) is 155. The van der Waals surface area contributed by atoms with E-state index >= 15 is 0 Å². The van der Waals surface area contributed by atoms with E-state index in [2.05, 4.69) is 116 Å². The van der Waals surface area contributed by atoms with Gasteiger partial charge < -0.3 is 33.4 Å². The molecule has 12 aromatic rings. The number of ketones is 2. The van der Waals surface area contributed by atoms with Gasteiger partial charge in [0.1, 0.15) is 40.5 Å². The number of piperidine rings is 2. The number of amides is 8. The number of hydrogen-bond donors (Lipinski definition) is 8. The van der Waals surface area contributed by atoms with Crippen LogP contribution in [0.3, 0.4) is 0 Å². The molecule has 28 heteroatoms. The van der Waals surface area contributed by atoms with Gasteiger partial charge in [-0.25, -0.2) is 29.9 Å². The number of nitrogen functional groups attached to an aromatic ring is 2. The minimum Gasteiger partial charge on any atom is -0.396 e. The highest BCUT2D eigenvalue weighted by Crippen LogP contribution is 2.45. The van der Waals surface area contributed by atoms with Gasteiger partial charge in [0.25, 0.3) is 23.6 Å². The van der Waals surface area contributed by atoms with Crippen LogP contribution >= 0.6 is 0 Å². The summed E-state index contributed by atoms with van der Waals surface area (Å²) in [6.45, 7) is 2.70. The number of hydrogen-bond acceptors (Lipinski definition) is 22. The second-order valence-corrected chi connectivity index (χ2v) is 31.7. The molecular formula is C93H89N17O11. The van der Waals surface area contributed by atoms with Crippen LogP contribution in [0.5, 0.6) is 0 Å². The van der Waals surface area contributed by atoms with E-state index in [1.165, 1.54) is 42.5 Å². The number of pyridine rings is 4. The fourth-order valence-electron chi connectivity index (χ4n) is 16.8. The molecule has 0 spiro atoms. The number of aryl methyl sites for hydroxylation is 2. The summed E-state index contributed by atoms with van der Waals surface area (Å²) in [5.74, 6) is -2.59. The summed E-state index contributed by atoms with van der Waals surface area (Å²) < 4.78 is 4.11. The fourth-order valence-corrected chi connectivity index (χ4v) is 16.8. The summed E-state index contributed by atoms with van der Waals surface area (Å²) in [6.07, 6.45) is 13.3. The average molecular weight is 1620 g/mol. The third-order valence-corrected chi connectivity index (χ3v) is 23.8. The number of carbonyl (C=O) groups is 10. The van der Waals surface area contributed by atoms with Crippen molar-refractivity contribution in [1.29, 1.82) is 0 Å². The van der Waals surface area contributed by atoms with Crippen LogP contribution in [0.15, 0.2) is 194 Å². The number of imidazole rings is 2. The van der Waals surface area contributed by atoms with Crippen molar-refractivity contribution in [2.75, 3.05) is 36.5 Å². The normalized spacial score (nSPS) is 16.9. The van der Waals surface area contributed by atoms with E-state index < -0.39 is 59.3 Å². The highest BCUT2D eigenvalue weighted by Gasteiger charge is 2.48. The van der Waals surface area contributed by atoms with Gasteiger partial charge in [0.2, 0.25) is 23.6 Å². The van der Waals surface area contributed by atoms with Crippen molar-refractivity contribution in [2.24, 2.45) is 11.5 Å². The monoisotopic (exact) mass is 1620 g/mol. The molecule has 6 aromatic carbocycles. The molecule has 28 nitrogen and oxygen atoms in total. The molecule has 4 fully saturated rings. The van der Waals surface area contributed by atoms with E-state index in [0.717, 1.165) is 103 Å². The fraction of sp³-hybridized carbons (Fsp3) is 0.269. The highest BCUT2D eigenvalue weighted by molar-refractivity contribution is 6.26. The first kappa shape index (κ1) is 80.8. The molecule has 612 valence electrons. The molecule has 2 aliphatic carbocycles. The second-order valence-electron chi connectivity index (χ2n) is 31.7. The van der Waals surface area contributed by atoms with Crippen LogP contribution in [-0.2, 0) is 59.0 Å². The summed E-state index contributed by atoms with van der Waals surface area (Å²) in [7, 11) is 0. The number of benzene rings is 6. The number of aliphatic hydroxyl groups is 1.